The van der Waals surface area contributed by atoms with E-state index in [9.17, 15) is 9.18 Å². The van der Waals surface area contributed by atoms with Gasteiger partial charge in [0.15, 0.2) is 0 Å². The summed E-state index contributed by atoms with van der Waals surface area (Å²) >= 11 is 7.54. The van der Waals surface area contributed by atoms with Gasteiger partial charge in [0.1, 0.15) is 10.7 Å². The summed E-state index contributed by atoms with van der Waals surface area (Å²) in [5.74, 6) is -0.511. The van der Waals surface area contributed by atoms with Crippen LogP contribution >= 0.6 is 22.9 Å². The summed E-state index contributed by atoms with van der Waals surface area (Å²) in [4.78, 5) is 13.0. The SMILES string of the molecule is O=C(NC1Cc2ccccc2C1)c1sc2cc(F)ccc2c1Cl. The van der Waals surface area contributed by atoms with Crippen molar-refractivity contribution in [2.24, 2.45) is 0 Å². The predicted octanol–water partition coefficient (Wildman–Crippen LogP) is 4.59. The van der Waals surface area contributed by atoms with Gasteiger partial charge in [-0.3, -0.25) is 4.79 Å². The van der Waals surface area contributed by atoms with Crippen LogP contribution < -0.4 is 5.32 Å². The zero-order valence-electron chi connectivity index (χ0n) is 12.1. The number of carbonyl (C=O) groups excluding carboxylic acids is 1. The first-order chi connectivity index (χ1) is 11.1. The number of rotatable bonds is 2. The molecule has 1 aliphatic carbocycles. The molecule has 1 aromatic heterocycles. The normalized spacial score (nSPS) is 14.2. The number of nitrogens with one attached hydrogen (secondary N) is 1. The van der Waals surface area contributed by atoms with Crippen LogP contribution in [0.3, 0.4) is 0 Å². The van der Waals surface area contributed by atoms with E-state index >= 15 is 0 Å². The van der Waals surface area contributed by atoms with E-state index in [0.29, 0.717) is 14.6 Å². The summed E-state index contributed by atoms with van der Waals surface area (Å²) < 4.78 is 14.0. The van der Waals surface area contributed by atoms with Crippen LogP contribution in [0.1, 0.15) is 20.8 Å². The van der Waals surface area contributed by atoms with E-state index in [1.165, 1.54) is 34.6 Å². The van der Waals surface area contributed by atoms with Crippen LogP contribution in [0.2, 0.25) is 5.02 Å². The molecule has 0 aliphatic heterocycles. The largest absolute Gasteiger partial charge is 0.348 e. The molecular weight excluding hydrogens is 333 g/mol. The van der Waals surface area contributed by atoms with E-state index in [2.05, 4.69) is 17.4 Å². The maximum Gasteiger partial charge on any atom is 0.263 e. The summed E-state index contributed by atoms with van der Waals surface area (Å²) in [5.41, 5.74) is 2.56. The van der Waals surface area contributed by atoms with Gasteiger partial charge in [0.2, 0.25) is 0 Å². The first-order valence-electron chi connectivity index (χ1n) is 7.37. The molecule has 1 amide bonds. The van der Waals surface area contributed by atoms with Crippen LogP contribution in [-0.4, -0.2) is 11.9 Å². The Bertz CT molecular complexity index is 896. The molecular formula is C18H13ClFNOS. The summed E-state index contributed by atoms with van der Waals surface area (Å²) in [7, 11) is 0. The Morgan fingerprint density at radius 2 is 1.87 bits per heavy atom. The lowest BCUT2D eigenvalue weighted by Gasteiger charge is -2.11. The summed E-state index contributed by atoms with van der Waals surface area (Å²) in [6.45, 7) is 0. The Hall–Kier alpha value is -1.91. The lowest BCUT2D eigenvalue weighted by molar-refractivity contribution is 0.0943. The number of hydrogen-bond donors (Lipinski definition) is 1. The number of halogens is 2. The number of carbonyl (C=O) groups is 1. The number of hydrogen-bond acceptors (Lipinski definition) is 2. The van der Waals surface area contributed by atoms with Crippen molar-refractivity contribution in [3.8, 4) is 0 Å². The Balaban J connectivity index is 1.57. The fourth-order valence-corrected chi connectivity index (χ4v) is 4.54. The molecule has 0 fully saturated rings. The molecule has 0 bridgehead atoms. The van der Waals surface area contributed by atoms with E-state index in [0.717, 1.165) is 18.2 Å². The van der Waals surface area contributed by atoms with Gasteiger partial charge in [-0.2, -0.15) is 0 Å². The molecule has 0 unspecified atom stereocenters. The number of fused-ring (bicyclic) bond motifs is 2. The zero-order valence-corrected chi connectivity index (χ0v) is 13.7. The van der Waals surface area contributed by atoms with Crippen molar-refractivity contribution in [3.05, 3.63) is 69.3 Å². The van der Waals surface area contributed by atoms with Gasteiger partial charge in [0, 0.05) is 16.1 Å². The second-order valence-corrected chi connectivity index (χ2v) is 7.16. The molecule has 0 spiro atoms. The van der Waals surface area contributed by atoms with Crippen LogP contribution in [0.4, 0.5) is 4.39 Å². The monoisotopic (exact) mass is 345 g/mol. The van der Waals surface area contributed by atoms with Crippen LogP contribution in [0.25, 0.3) is 10.1 Å². The van der Waals surface area contributed by atoms with Gasteiger partial charge >= 0.3 is 0 Å². The molecule has 4 rings (SSSR count). The van der Waals surface area contributed by atoms with Crippen molar-refractivity contribution in [1.29, 1.82) is 0 Å². The first kappa shape index (κ1) is 14.7. The number of benzene rings is 2. The number of amides is 1. The molecule has 0 saturated carbocycles. The second kappa shape index (κ2) is 5.62. The van der Waals surface area contributed by atoms with Gasteiger partial charge in [0.25, 0.3) is 5.91 Å². The van der Waals surface area contributed by atoms with Gasteiger partial charge in [-0.15, -0.1) is 11.3 Å². The van der Waals surface area contributed by atoms with Gasteiger partial charge in [-0.1, -0.05) is 35.9 Å². The van der Waals surface area contributed by atoms with Gasteiger partial charge < -0.3 is 5.32 Å². The van der Waals surface area contributed by atoms with E-state index < -0.39 is 0 Å². The van der Waals surface area contributed by atoms with Crippen molar-refractivity contribution in [1.82, 2.24) is 5.32 Å². The van der Waals surface area contributed by atoms with Crippen molar-refractivity contribution < 1.29 is 9.18 Å². The smallest absolute Gasteiger partial charge is 0.263 e. The highest BCUT2D eigenvalue weighted by Gasteiger charge is 2.25. The third-order valence-electron chi connectivity index (χ3n) is 4.18. The number of thiophene rings is 1. The van der Waals surface area contributed by atoms with Crippen LogP contribution in [0.5, 0.6) is 0 Å². The van der Waals surface area contributed by atoms with Gasteiger partial charge in [-0.25, -0.2) is 4.39 Å². The lowest BCUT2D eigenvalue weighted by atomic mass is 10.1. The Morgan fingerprint density at radius 3 is 2.57 bits per heavy atom. The zero-order chi connectivity index (χ0) is 16.0. The quantitative estimate of drug-likeness (QED) is 0.723. The second-order valence-electron chi connectivity index (χ2n) is 5.73. The van der Waals surface area contributed by atoms with Crippen molar-refractivity contribution in [2.45, 2.75) is 18.9 Å². The van der Waals surface area contributed by atoms with Crippen molar-refractivity contribution >= 4 is 38.9 Å². The first-order valence-corrected chi connectivity index (χ1v) is 8.56. The summed E-state index contributed by atoms with van der Waals surface area (Å²) in [6, 6.07) is 12.7. The molecule has 5 heteroatoms. The molecule has 2 nitrogen and oxygen atoms in total. The molecule has 3 aromatic rings. The topological polar surface area (TPSA) is 29.1 Å². The highest BCUT2D eigenvalue weighted by Crippen LogP contribution is 2.36. The third kappa shape index (κ3) is 2.62. The molecule has 2 aromatic carbocycles. The predicted molar refractivity (Wildman–Crippen MR) is 91.9 cm³/mol. The molecule has 0 radical (unpaired) electrons. The molecule has 1 N–H and O–H groups in total. The Labute approximate surface area is 141 Å². The molecule has 1 aliphatic rings. The average molecular weight is 346 g/mol. The molecule has 1 heterocycles. The minimum atomic E-state index is -0.325. The third-order valence-corrected chi connectivity index (χ3v) is 5.84. The highest BCUT2D eigenvalue weighted by molar-refractivity contribution is 7.21. The van der Waals surface area contributed by atoms with E-state index in [4.69, 9.17) is 11.6 Å². The molecule has 23 heavy (non-hydrogen) atoms. The minimum absolute atomic E-state index is 0.0814. The summed E-state index contributed by atoms with van der Waals surface area (Å²) in [6.07, 6.45) is 1.66. The molecule has 116 valence electrons. The Morgan fingerprint density at radius 1 is 1.17 bits per heavy atom. The van der Waals surface area contributed by atoms with Crippen LogP contribution in [-0.2, 0) is 12.8 Å². The average Bonchev–Trinajstić information content (AvgIpc) is 3.07. The highest BCUT2D eigenvalue weighted by atomic mass is 35.5. The maximum absolute atomic E-state index is 13.3. The van der Waals surface area contributed by atoms with E-state index in [1.807, 2.05) is 12.1 Å². The van der Waals surface area contributed by atoms with Gasteiger partial charge in [0.05, 0.1) is 5.02 Å². The van der Waals surface area contributed by atoms with E-state index in [1.54, 1.807) is 6.07 Å². The van der Waals surface area contributed by atoms with Crippen molar-refractivity contribution in [2.75, 3.05) is 0 Å². The van der Waals surface area contributed by atoms with Gasteiger partial charge in [-0.05, 0) is 42.2 Å². The van der Waals surface area contributed by atoms with Crippen molar-refractivity contribution in [3.63, 3.8) is 0 Å². The minimum Gasteiger partial charge on any atom is -0.348 e. The maximum atomic E-state index is 13.3. The fourth-order valence-electron chi connectivity index (χ4n) is 3.10. The van der Waals surface area contributed by atoms with Crippen LogP contribution in [0.15, 0.2) is 42.5 Å². The standard InChI is InChI=1S/C18H13ClFNOS/c19-16-14-6-5-12(20)9-15(14)23-17(16)18(22)21-13-7-10-3-1-2-4-11(10)8-13/h1-6,9,13H,7-8H2,(H,21,22). The summed E-state index contributed by atoms with van der Waals surface area (Å²) in [5, 5.41) is 4.17. The molecule has 0 saturated heterocycles. The van der Waals surface area contributed by atoms with Crippen LogP contribution in [0, 0.1) is 5.82 Å². The fraction of sp³-hybridized carbons (Fsp3) is 0.167. The molecule has 0 atom stereocenters. The lowest BCUT2D eigenvalue weighted by Crippen LogP contribution is -2.34. The Kier molecular flexibility index (Phi) is 3.58. The van der Waals surface area contributed by atoms with E-state index in [-0.39, 0.29) is 17.8 Å².